The molecule has 4 aromatic rings. The SMILES string of the molecule is Clc1cc(-c2c[nH]c3ncc(-c4cccnc4)cc23)ncn1. The van der Waals surface area contributed by atoms with E-state index in [-0.39, 0.29) is 0 Å². The number of nitrogens with zero attached hydrogens (tertiary/aromatic N) is 4. The second kappa shape index (κ2) is 5.20. The fraction of sp³-hybridized carbons (Fsp3) is 0. The molecule has 4 rings (SSSR count). The van der Waals surface area contributed by atoms with Gasteiger partial charge in [0.25, 0.3) is 0 Å². The van der Waals surface area contributed by atoms with Gasteiger partial charge < -0.3 is 4.98 Å². The smallest absolute Gasteiger partial charge is 0.137 e. The number of H-pyrrole nitrogens is 1. The van der Waals surface area contributed by atoms with Crippen LogP contribution in [0.1, 0.15) is 0 Å². The molecule has 0 fully saturated rings. The minimum atomic E-state index is 0.413. The Morgan fingerprint density at radius 3 is 2.77 bits per heavy atom. The first-order valence-corrected chi connectivity index (χ1v) is 7.04. The van der Waals surface area contributed by atoms with Crippen LogP contribution in [0.15, 0.2) is 55.4 Å². The van der Waals surface area contributed by atoms with E-state index >= 15 is 0 Å². The monoisotopic (exact) mass is 307 g/mol. The minimum absolute atomic E-state index is 0.413. The molecule has 0 bridgehead atoms. The second-order valence-electron chi connectivity index (χ2n) is 4.79. The summed E-state index contributed by atoms with van der Waals surface area (Å²) in [4.78, 5) is 20.0. The van der Waals surface area contributed by atoms with Crippen LogP contribution in [0.25, 0.3) is 33.4 Å². The lowest BCUT2D eigenvalue weighted by molar-refractivity contribution is 1.17. The third-order valence-electron chi connectivity index (χ3n) is 3.44. The number of halogens is 1. The number of hydrogen-bond donors (Lipinski definition) is 1. The number of rotatable bonds is 2. The van der Waals surface area contributed by atoms with Crippen LogP contribution in [0.4, 0.5) is 0 Å². The van der Waals surface area contributed by atoms with Crippen molar-refractivity contribution in [1.82, 2.24) is 24.9 Å². The van der Waals surface area contributed by atoms with Crippen molar-refractivity contribution in [2.24, 2.45) is 0 Å². The first-order chi connectivity index (χ1) is 10.8. The molecule has 4 aromatic heterocycles. The Bertz CT molecular complexity index is 949. The highest BCUT2D eigenvalue weighted by molar-refractivity contribution is 6.29. The predicted octanol–water partition coefficient (Wildman–Crippen LogP) is 3.74. The molecule has 0 spiro atoms. The third kappa shape index (κ3) is 2.21. The first-order valence-electron chi connectivity index (χ1n) is 6.67. The van der Waals surface area contributed by atoms with Crippen molar-refractivity contribution in [1.29, 1.82) is 0 Å². The Morgan fingerprint density at radius 2 is 1.95 bits per heavy atom. The summed E-state index contributed by atoms with van der Waals surface area (Å²) in [5.41, 5.74) is 4.53. The zero-order chi connectivity index (χ0) is 14.9. The highest BCUT2D eigenvalue weighted by Crippen LogP contribution is 2.30. The van der Waals surface area contributed by atoms with Gasteiger partial charge in [-0.1, -0.05) is 17.7 Å². The Hall–Kier alpha value is -2.79. The summed E-state index contributed by atoms with van der Waals surface area (Å²) in [7, 11) is 0. The molecule has 1 N–H and O–H groups in total. The standard InChI is InChI=1S/C16H10ClN5/c17-15-5-14(21-9-22-15)13-8-20-16-12(13)4-11(7-19-16)10-2-1-3-18-6-10/h1-9H,(H,19,20). The third-order valence-corrected chi connectivity index (χ3v) is 3.64. The zero-order valence-electron chi connectivity index (χ0n) is 11.4. The highest BCUT2D eigenvalue weighted by Gasteiger charge is 2.10. The molecule has 0 saturated carbocycles. The molecule has 0 unspecified atom stereocenters. The molecule has 0 atom stereocenters. The minimum Gasteiger partial charge on any atom is -0.345 e. The van der Waals surface area contributed by atoms with Gasteiger partial charge in [-0.2, -0.15) is 0 Å². The molecule has 4 heterocycles. The summed E-state index contributed by atoms with van der Waals surface area (Å²) in [5.74, 6) is 0. The molecule has 0 saturated heterocycles. The second-order valence-corrected chi connectivity index (χ2v) is 5.18. The Kier molecular flexibility index (Phi) is 3.05. The van der Waals surface area contributed by atoms with Crippen LogP contribution in [0, 0.1) is 0 Å². The lowest BCUT2D eigenvalue weighted by atomic mass is 10.1. The van der Waals surface area contributed by atoms with Gasteiger partial charge in [-0.3, -0.25) is 4.98 Å². The summed E-state index contributed by atoms with van der Waals surface area (Å²) in [5, 5.41) is 1.40. The van der Waals surface area contributed by atoms with Crippen LogP contribution in [0.3, 0.4) is 0 Å². The Balaban J connectivity index is 1.91. The molecule has 0 aliphatic heterocycles. The highest BCUT2D eigenvalue weighted by atomic mass is 35.5. The molecule has 0 aliphatic carbocycles. The predicted molar refractivity (Wildman–Crippen MR) is 85.4 cm³/mol. The van der Waals surface area contributed by atoms with Gasteiger partial charge in [-0.25, -0.2) is 15.0 Å². The number of hydrogen-bond acceptors (Lipinski definition) is 4. The fourth-order valence-electron chi connectivity index (χ4n) is 2.39. The largest absolute Gasteiger partial charge is 0.345 e. The van der Waals surface area contributed by atoms with Crippen molar-refractivity contribution < 1.29 is 0 Å². The van der Waals surface area contributed by atoms with Crippen LogP contribution < -0.4 is 0 Å². The van der Waals surface area contributed by atoms with Crippen molar-refractivity contribution >= 4 is 22.6 Å². The molecule has 0 aromatic carbocycles. The fourth-order valence-corrected chi connectivity index (χ4v) is 2.53. The zero-order valence-corrected chi connectivity index (χ0v) is 12.1. The van der Waals surface area contributed by atoms with E-state index in [4.69, 9.17) is 11.6 Å². The van der Waals surface area contributed by atoms with E-state index < -0.39 is 0 Å². The van der Waals surface area contributed by atoms with E-state index in [1.165, 1.54) is 6.33 Å². The van der Waals surface area contributed by atoms with Crippen LogP contribution in [-0.2, 0) is 0 Å². The van der Waals surface area contributed by atoms with Gasteiger partial charge in [0.15, 0.2) is 0 Å². The summed E-state index contributed by atoms with van der Waals surface area (Å²) in [6.45, 7) is 0. The molecule has 0 aliphatic rings. The topological polar surface area (TPSA) is 67.3 Å². The normalized spacial score (nSPS) is 11.0. The van der Waals surface area contributed by atoms with Gasteiger partial charge in [0, 0.05) is 52.9 Å². The quantitative estimate of drug-likeness (QED) is 0.573. The van der Waals surface area contributed by atoms with Crippen LogP contribution in [0.5, 0.6) is 0 Å². The molecule has 0 amide bonds. The average Bonchev–Trinajstić information content (AvgIpc) is 2.99. The maximum Gasteiger partial charge on any atom is 0.137 e. The number of aromatic amines is 1. The number of fused-ring (bicyclic) bond motifs is 1. The Labute approximate surface area is 131 Å². The van der Waals surface area contributed by atoms with Gasteiger partial charge in [0.1, 0.15) is 17.1 Å². The van der Waals surface area contributed by atoms with Crippen LogP contribution in [-0.4, -0.2) is 24.9 Å². The molecular formula is C16H10ClN5. The van der Waals surface area contributed by atoms with Crippen molar-refractivity contribution in [2.45, 2.75) is 0 Å². The molecule has 6 heteroatoms. The van der Waals surface area contributed by atoms with Crippen LogP contribution in [0.2, 0.25) is 5.15 Å². The van der Waals surface area contributed by atoms with Gasteiger partial charge in [-0.05, 0) is 12.1 Å². The first kappa shape index (κ1) is 12.9. The summed E-state index contributed by atoms with van der Waals surface area (Å²) in [6.07, 6.45) is 8.72. The van der Waals surface area contributed by atoms with E-state index in [2.05, 4.69) is 31.0 Å². The van der Waals surface area contributed by atoms with Crippen molar-refractivity contribution in [3.8, 4) is 22.4 Å². The van der Waals surface area contributed by atoms with Crippen molar-refractivity contribution in [2.75, 3.05) is 0 Å². The van der Waals surface area contributed by atoms with E-state index in [0.717, 1.165) is 33.4 Å². The van der Waals surface area contributed by atoms with E-state index in [0.29, 0.717) is 5.15 Å². The lowest BCUT2D eigenvalue weighted by Crippen LogP contribution is -1.86. The van der Waals surface area contributed by atoms with Gasteiger partial charge in [0.05, 0.1) is 5.69 Å². The molecule has 0 radical (unpaired) electrons. The van der Waals surface area contributed by atoms with E-state index in [1.807, 2.05) is 30.7 Å². The molecule has 22 heavy (non-hydrogen) atoms. The average molecular weight is 308 g/mol. The van der Waals surface area contributed by atoms with Gasteiger partial charge in [0.2, 0.25) is 0 Å². The van der Waals surface area contributed by atoms with Crippen molar-refractivity contribution in [3.63, 3.8) is 0 Å². The maximum absolute atomic E-state index is 5.95. The molecule has 5 nitrogen and oxygen atoms in total. The molecular weight excluding hydrogens is 298 g/mol. The summed E-state index contributed by atoms with van der Waals surface area (Å²) < 4.78 is 0. The lowest BCUT2D eigenvalue weighted by Gasteiger charge is -2.02. The molecule has 106 valence electrons. The van der Waals surface area contributed by atoms with Gasteiger partial charge in [-0.15, -0.1) is 0 Å². The van der Waals surface area contributed by atoms with E-state index in [9.17, 15) is 0 Å². The van der Waals surface area contributed by atoms with Crippen molar-refractivity contribution in [3.05, 3.63) is 60.5 Å². The van der Waals surface area contributed by atoms with Crippen LogP contribution >= 0.6 is 11.6 Å². The summed E-state index contributed by atoms with van der Waals surface area (Å²) >= 11 is 5.95. The number of nitrogens with one attached hydrogen (secondary N) is 1. The number of pyridine rings is 2. The Morgan fingerprint density at radius 1 is 1.00 bits per heavy atom. The number of aromatic nitrogens is 5. The van der Waals surface area contributed by atoms with Gasteiger partial charge >= 0.3 is 0 Å². The maximum atomic E-state index is 5.95. The summed E-state index contributed by atoms with van der Waals surface area (Å²) in [6, 6.07) is 7.72. The van der Waals surface area contributed by atoms with E-state index in [1.54, 1.807) is 12.3 Å².